The van der Waals surface area contributed by atoms with Gasteiger partial charge in [0, 0.05) is 22.3 Å². The molecule has 1 heterocycles. The van der Waals surface area contributed by atoms with E-state index in [2.05, 4.69) is 20.9 Å². The van der Waals surface area contributed by atoms with E-state index in [-0.39, 0.29) is 0 Å². The number of ether oxygens (including phenoxy) is 1. The van der Waals surface area contributed by atoms with Crippen LogP contribution in [0.5, 0.6) is 5.88 Å². The molecule has 0 radical (unpaired) electrons. The fourth-order valence-electron chi connectivity index (χ4n) is 0.713. The lowest BCUT2D eigenvalue weighted by molar-refractivity contribution is 0.397. The Hall–Kier alpha value is 0.01000. The van der Waals surface area contributed by atoms with E-state index in [0.717, 1.165) is 10.0 Å². The van der Waals surface area contributed by atoms with Crippen LogP contribution in [-0.2, 0) is 0 Å². The molecule has 1 aromatic rings. The number of hydrogen-bond acceptors (Lipinski definition) is 2. The number of alkyl halides is 2. The SMILES string of the molecule is COc1cc(C(Cl)Cl)c(Br)cn1. The van der Waals surface area contributed by atoms with Gasteiger partial charge in [-0.25, -0.2) is 4.98 Å². The van der Waals surface area contributed by atoms with Crippen molar-refractivity contribution in [2.45, 2.75) is 4.84 Å². The van der Waals surface area contributed by atoms with Crippen LogP contribution < -0.4 is 4.74 Å². The second-order valence-corrected chi connectivity index (χ2v) is 4.00. The summed E-state index contributed by atoms with van der Waals surface area (Å²) in [6, 6.07) is 1.69. The Bertz CT molecular complexity index is 280. The summed E-state index contributed by atoms with van der Waals surface area (Å²) >= 11 is 14.7. The van der Waals surface area contributed by atoms with E-state index in [1.807, 2.05) is 0 Å². The van der Waals surface area contributed by atoms with Crippen LogP contribution in [0, 0.1) is 0 Å². The fourth-order valence-corrected chi connectivity index (χ4v) is 1.78. The lowest BCUT2D eigenvalue weighted by Gasteiger charge is -2.05. The normalized spacial score (nSPS) is 10.4. The van der Waals surface area contributed by atoms with Gasteiger partial charge in [0.25, 0.3) is 0 Å². The van der Waals surface area contributed by atoms with E-state index in [1.165, 1.54) is 7.11 Å². The fraction of sp³-hybridized carbons (Fsp3) is 0.286. The molecule has 5 heteroatoms. The molecule has 0 aliphatic carbocycles. The number of rotatable bonds is 2. The standard InChI is InChI=1S/C7H6BrCl2NO/c1-12-6-2-4(7(9)10)5(8)3-11-6/h2-3,7H,1H3. The average molecular weight is 271 g/mol. The van der Waals surface area contributed by atoms with Crippen molar-refractivity contribution < 1.29 is 4.74 Å². The van der Waals surface area contributed by atoms with Crippen molar-refractivity contribution in [2.24, 2.45) is 0 Å². The van der Waals surface area contributed by atoms with Gasteiger partial charge in [0.05, 0.1) is 7.11 Å². The number of pyridine rings is 1. The molecule has 1 rings (SSSR count). The molecule has 0 amide bonds. The minimum atomic E-state index is -0.573. The molecule has 1 aromatic heterocycles. The van der Waals surface area contributed by atoms with Crippen LogP contribution in [0.25, 0.3) is 0 Å². The molecule has 0 fully saturated rings. The number of nitrogens with zero attached hydrogens (tertiary/aromatic N) is 1. The van der Waals surface area contributed by atoms with Crippen molar-refractivity contribution in [3.8, 4) is 5.88 Å². The summed E-state index contributed by atoms with van der Waals surface area (Å²) in [6.07, 6.45) is 1.60. The maximum atomic E-state index is 5.69. The lowest BCUT2D eigenvalue weighted by atomic mass is 10.3. The van der Waals surface area contributed by atoms with Crippen LogP contribution in [0.4, 0.5) is 0 Å². The van der Waals surface area contributed by atoms with Gasteiger partial charge in [0.2, 0.25) is 5.88 Å². The van der Waals surface area contributed by atoms with Crippen molar-refractivity contribution in [3.63, 3.8) is 0 Å². The first-order valence-electron chi connectivity index (χ1n) is 3.12. The van der Waals surface area contributed by atoms with Crippen molar-refractivity contribution in [1.82, 2.24) is 4.98 Å². The second-order valence-electron chi connectivity index (χ2n) is 2.05. The monoisotopic (exact) mass is 269 g/mol. The van der Waals surface area contributed by atoms with Crippen molar-refractivity contribution in [2.75, 3.05) is 7.11 Å². The highest BCUT2D eigenvalue weighted by molar-refractivity contribution is 9.10. The van der Waals surface area contributed by atoms with Gasteiger partial charge in [-0.1, -0.05) is 0 Å². The third kappa shape index (κ3) is 2.25. The molecule has 0 aliphatic rings. The Balaban J connectivity index is 3.08. The van der Waals surface area contributed by atoms with E-state index < -0.39 is 4.84 Å². The molecule has 12 heavy (non-hydrogen) atoms. The maximum absolute atomic E-state index is 5.69. The molecule has 0 spiro atoms. The second kappa shape index (κ2) is 4.30. The van der Waals surface area contributed by atoms with Gasteiger partial charge in [-0.2, -0.15) is 0 Å². The van der Waals surface area contributed by atoms with Gasteiger partial charge in [0.1, 0.15) is 4.84 Å². The average Bonchev–Trinajstić information content (AvgIpc) is 2.05. The highest BCUT2D eigenvalue weighted by Crippen LogP contribution is 2.32. The third-order valence-corrected chi connectivity index (χ3v) is 2.44. The summed E-state index contributed by atoms with van der Waals surface area (Å²) < 4.78 is 5.69. The minimum Gasteiger partial charge on any atom is -0.481 e. The first kappa shape index (κ1) is 10.1. The molecule has 0 aliphatic heterocycles. The molecular weight excluding hydrogens is 265 g/mol. The number of aromatic nitrogens is 1. The molecule has 66 valence electrons. The summed E-state index contributed by atoms with van der Waals surface area (Å²) in [5.74, 6) is 0.500. The largest absolute Gasteiger partial charge is 0.481 e. The third-order valence-electron chi connectivity index (χ3n) is 1.30. The topological polar surface area (TPSA) is 22.1 Å². The van der Waals surface area contributed by atoms with Gasteiger partial charge in [-0.3, -0.25) is 0 Å². The summed E-state index contributed by atoms with van der Waals surface area (Å²) in [5.41, 5.74) is 0.755. The Morgan fingerprint density at radius 1 is 1.58 bits per heavy atom. The zero-order chi connectivity index (χ0) is 9.14. The zero-order valence-corrected chi connectivity index (χ0v) is 9.32. The van der Waals surface area contributed by atoms with Gasteiger partial charge in [-0.15, -0.1) is 23.2 Å². The first-order chi connectivity index (χ1) is 5.65. The lowest BCUT2D eigenvalue weighted by Crippen LogP contribution is -1.91. The van der Waals surface area contributed by atoms with Crippen molar-refractivity contribution in [1.29, 1.82) is 0 Å². The molecular formula is C7H6BrCl2NO. The maximum Gasteiger partial charge on any atom is 0.213 e. The van der Waals surface area contributed by atoms with Gasteiger partial charge < -0.3 is 4.74 Å². The summed E-state index contributed by atoms with van der Waals surface area (Å²) in [7, 11) is 1.54. The van der Waals surface area contributed by atoms with Gasteiger partial charge >= 0.3 is 0 Å². The van der Waals surface area contributed by atoms with Crippen LogP contribution in [-0.4, -0.2) is 12.1 Å². The molecule has 0 aromatic carbocycles. The van der Waals surface area contributed by atoms with Crippen molar-refractivity contribution >= 4 is 39.1 Å². The first-order valence-corrected chi connectivity index (χ1v) is 4.79. The number of hydrogen-bond donors (Lipinski definition) is 0. The van der Waals surface area contributed by atoms with E-state index in [1.54, 1.807) is 12.3 Å². The number of halogens is 3. The number of methoxy groups -OCH3 is 1. The summed E-state index contributed by atoms with van der Waals surface area (Å²) in [4.78, 5) is 3.38. The van der Waals surface area contributed by atoms with Crippen molar-refractivity contribution in [3.05, 3.63) is 22.3 Å². The molecule has 0 unspecified atom stereocenters. The molecule has 0 saturated carbocycles. The van der Waals surface area contributed by atoms with E-state index in [0.29, 0.717) is 5.88 Å². The van der Waals surface area contributed by atoms with E-state index in [4.69, 9.17) is 27.9 Å². The van der Waals surface area contributed by atoms with Crippen LogP contribution in [0.2, 0.25) is 0 Å². The van der Waals surface area contributed by atoms with Crippen LogP contribution >= 0.6 is 39.1 Å². The molecule has 0 atom stereocenters. The van der Waals surface area contributed by atoms with Crippen LogP contribution in [0.1, 0.15) is 10.4 Å². The summed E-state index contributed by atoms with van der Waals surface area (Å²) in [5, 5.41) is 0. The highest BCUT2D eigenvalue weighted by Gasteiger charge is 2.09. The molecule has 2 nitrogen and oxygen atoms in total. The van der Waals surface area contributed by atoms with E-state index in [9.17, 15) is 0 Å². The smallest absolute Gasteiger partial charge is 0.213 e. The quantitative estimate of drug-likeness (QED) is 0.769. The molecule has 0 saturated heterocycles. The van der Waals surface area contributed by atoms with Gasteiger partial charge in [0.15, 0.2) is 0 Å². The predicted octanol–water partition coefficient (Wildman–Crippen LogP) is 3.33. The van der Waals surface area contributed by atoms with Gasteiger partial charge in [-0.05, 0) is 15.9 Å². The van der Waals surface area contributed by atoms with Crippen LogP contribution in [0.15, 0.2) is 16.7 Å². The zero-order valence-electron chi connectivity index (χ0n) is 6.22. The Labute approximate surface area is 89.0 Å². The molecule has 0 N–H and O–H groups in total. The summed E-state index contributed by atoms with van der Waals surface area (Å²) in [6.45, 7) is 0. The Morgan fingerprint density at radius 2 is 2.25 bits per heavy atom. The minimum absolute atomic E-state index is 0.500. The Kier molecular flexibility index (Phi) is 3.62. The molecule has 0 bridgehead atoms. The predicted molar refractivity (Wildman–Crippen MR) is 52.9 cm³/mol. The van der Waals surface area contributed by atoms with Crippen LogP contribution in [0.3, 0.4) is 0 Å². The van der Waals surface area contributed by atoms with E-state index >= 15 is 0 Å². The Morgan fingerprint density at radius 3 is 2.75 bits per heavy atom. The highest BCUT2D eigenvalue weighted by atomic mass is 79.9.